The third-order valence-electron chi connectivity index (χ3n) is 6.65. The summed E-state index contributed by atoms with van der Waals surface area (Å²) in [4.78, 5) is 29.9. The topological polar surface area (TPSA) is 96.0 Å². The molecule has 2 atom stereocenters. The number of aromatic nitrogens is 1. The summed E-state index contributed by atoms with van der Waals surface area (Å²) in [7, 11) is 6.75. The van der Waals surface area contributed by atoms with Gasteiger partial charge in [0, 0.05) is 25.9 Å². The average molecular weight is 504 g/mol. The first-order valence-electron chi connectivity index (χ1n) is 12.1. The van der Waals surface area contributed by atoms with Crippen LogP contribution in [-0.4, -0.2) is 61.3 Å². The van der Waals surface area contributed by atoms with E-state index < -0.39 is 0 Å². The van der Waals surface area contributed by atoms with Crippen LogP contribution in [0.15, 0.2) is 60.8 Å². The highest BCUT2D eigenvalue weighted by molar-refractivity contribution is 5.94. The number of hydrazine groups is 1. The van der Waals surface area contributed by atoms with Gasteiger partial charge in [0.15, 0.2) is 11.5 Å². The van der Waals surface area contributed by atoms with E-state index in [4.69, 9.17) is 9.47 Å². The van der Waals surface area contributed by atoms with Gasteiger partial charge in [-0.2, -0.15) is 0 Å². The Kier molecular flexibility index (Phi) is 7.93. The van der Waals surface area contributed by atoms with Gasteiger partial charge in [-0.05, 0) is 66.4 Å². The van der Waals surface area contributed by atoms with Crippen molar-refractivity contribution < 1.29 is 19.1 Å². The number of methoxy groups -OCH3 is 2. The van der Waals surface area contributed by atoms with Crippen LogP contribution in [0.25, 0.3) is 0 Å². The Bertz CT molecular complexity index is 1250. The van der Waals surface area contributed by atoms with Gasteiger partial charge in [0.25, 0.3) is 5.91 Å². The molecule has 2 N–H and O–H groups in total. The second kappa shape index (κ2) is 11.3. The number of pyridine rings is 1. The van der Waals surface area contributed by atoms with Gasteiger partial charge in [-0.25, -0.2) is 9.80 Å². The second-order valence-electron chi connectivity index (χ2n) is 8.96. The van der Waals surface area contributed by atoms with Gasteiger partial charge >= 0.3 is 6.03 Å². The van der Waals surface area contributed by atoms with E-state index in [1.807, 2.05) is 61.4 Å². The summed E-state index contributed by atoms with van der Waals surface area (Å²) >= 11 is 0. The highest BCUT2D eigenvalue weighted by atomic mass is 16.5. The Morgan fingerprint density at radius 2 is 1.76 bits per heavy atom. The molecule has 0 bridgehead atoms. The number of amides is 3. The SMILES string of the molecule is CNC(=O)N1C(C)Cc2cc(OC)c(OC)cc2C(c2ccc(C(=O)NCc3ccccn3)cc2)N1C. The maximum Gasteiger partial charge on any atom is 0.331 e. The zero-order valence-electron chi connectivity index (χ0n) is 21.8. The molecule has 4 rings (SSSR count). The zero-order valence-corrected chi connectivity index (χ0v) is 21.8. The van der Waals surface area contributed by atoms with Crippen molar-refractivity contribution in [3.63, 3.8) is 0 Å². The minimum absolute atomic E-state index is 0.108. The van der Waals surface area contributed by atoms with E-state index in [-0.39, 0.29) is 24.0 Å². The van der Waals surface area contributed by atoms with E-state index in [1.54, 1.807) is 44.6 Å². The van der Waals surface area contributed by atoms with Gasteiger partial charge < -0.3 is 20.1 Å². The fourth-order valence-electron chi connectivity index (χ4n) is 4.86. The lowest BCUT2D eigenvalue weighted by Gasteiger charge is -2.39. The van der Waals surface area contributed by atoms with Gasteiger partial charge in [0.2, 0.25) is 0 Å². The van der Waals surface area contributed by atoms with Crippen molar-refractivity contribution in [3.05, 3.63) is 88.7 Å². The summed E-state index contributed by atoms with van der Waals surface area (Å²) in [6.07, 6.45) is 2.34. The normalized spacial score (nSPS) is 17.4. The molecule has 0 spiro atoms. The molecule has 9 heteroatoms. The maximum absolute atomic E-state index is 12.9. The molecule has 1 aliphatic rings. The second-order valence-corrected chi connectivity index (χ2v) is 8.96. The highest BCUT2D eigenvalue weighted by Gasteiger charge is 2.36. The molecule has 1 aromatic heterocycles. The first-order valence-corrected chi connectivity index (χ1v) is 12.1. The standard InChI is InChI=1S/C28H33N5O4/c1-18-14-21-15-24(36-4)25(37-5)16-23(21)26(32(3)33(18)28(35)29-2)19-9-11-20(12-10-19)27(34)31-17-22-8-6-7-13-30-22/h6-13,15-16,18,26H,14,17H2,1-5H3,(H,29,35)(H,31,34). The van der Waals surface area contributed by atoms with E-state index in [0.717, 1.165) is 22.4 Å². The number of benzene rings is 2. The van der Waals surface area contributed by atoms with E-state index in [2.05, 4.69) is 15.6 Å². The molecule has 3 amide bonds. The molecule has 2 aromatic carbocycles. The van der Waals surface area contributed by atoms with Crippen LogP contribution in [0.5, 0.6) is 11.5 Å². The molecule has 0 saturated heterocycles. The van der Waals surface area contributed by atoms with Crippen LogP contribution in [0.2, 0.25) is 0 Å². The van der Waals surface area contributed by atoms with Crippen LogP contribution >= 0.6 is 0 Å². The summed E-state index contributed by atoms with van der Waals surface area (Å²) in [5.41, 5.74) is 4.33. The van der Waals surface area contributed by atoms with Crippen LogP contribution in [0.4, 0.5) is 4.79 Å². The fourth-order valence-corrected chi connectivity index (χ4v) is 4.86. The lowest BCUT2D eigenvalue weighted by atomic mass is 9.91. The fraction of sp³-hybridized carbons (Fsp3) is 0.321. The molecule has 194 valence electrons. The average Bonchev–Trinajstić information content (AvgIpc) is 3.03. The van der Waals surface area contributed by atoms with Gasteiger partial charge in [-0.15, -0.1) is 0 Å². The van der Waals surface area contributed by atoms with Crippen molar-refractivity contribution in [2.24, 2.45) is 0 Å². The first-order chi connectivity index (χ1) is 17.9. The number of carbonyl (C=O) groups excluding carboxylic acids is 2. The van der Waals surface area contributed by atoms with Crippen molar-refractivity contribution in [2.45, 2.75) is 32.0 Å². The molecule has 2 unspecified atom stereocenters. The summed E-state index contributed by atoms with van der Waals surface area (Å²) < 4.78 is 11.2. The predicted octanol–water partition coefficient (Wildman–Crippen LogP) is 3.55. The number of hydrogen-bond acceptors (Lipinski definition) is 6. The van der Waals surface area contributed by atoms with Crippen molar-refractivity contribution >= 4 is 11.9 Å². The Morgan fingerprint density at radius 3 is 2.38 bits per heavy atom. The van der Waals surface area contributed by atoms with Crippen LogP contribution in [-0.2, 0) is 13.0 Å². The van der Waals surface area contributed by atoms with Gasteiger partial charge in [-0.1, -0.05) is 18.2 Å². The number of nitrogens with zero attached hydrogens (tertiary/aromatic N) is 3. The minimum Gasteiger partial charge on any atom is -0.493 e. The van der Waals surface area contributed by atoms with E-state index >= 15 is 0 Å². The number of carbonyl (C=O) groups is 2. The largest absolute Gasteiger partial charge is 0.493 e. The highest BCUT2D eigenvalue weighted by Crippen LogP contribution is 2.41. The molecule has 37 heavy (non-hydrogen) atoms. The van der Waals surface area contributed by atoms with Crippen molar-refractivity contribution in [1.29, 1.82) is 0 Å². The van der Waals surface area contributed by atoms with Crippen molar-refractivity contribution in [1.82, 2.24) is 25.6 Å². The Labute approximate surface area is 217 Å². The zero-order chi connectivity index (χ0) is 26.5. The Morgan fingerprint density at radius 1 is 1.05 bits per heavy atom. The lowest BCUT2D eigenvalue weighted by Crippen LogP contribution is -2.53. The van der Waals surface area contributed by atoms with E-state index in [1.165, 1.54) is 0 Å². The van der Waals surface area contributed by atoms with Gasteiger partial charge in [-0.3, -0.25) is 14.8 Å². The third-order valence-corrected chi connectivity index (χ3v) is 6.65. The monoisotopic (exact) mass is 503 g/mol. The lowest BCUT2D eigenvalue weighted by molar-refractivity contribution is -0.00905. The number of ether oxygens (including phenoxy) is 2. The van der Waals surface area contributed by atoms with Crippen molar-refractivity contribution in [3.8, 4) is 11.5 Å². The van der Waals surface area contributed by atoms with Crippen molar-refractivity contribution in [2.75, 3.05) is 28.3 Å². The van der Waals surface area contributed by atoms with Crippen LogP contribution in [0, 0.1) is 0 Å². The predicted molar refractivity (Wildman–Crippen MR) is 140 cm³/mol. The smallest absolute Gasteiger partial charge is 0.331 e. The third kappa shape index (κ3) is 5.36. The van der Waals surface area contributed by atoms with Gasteiger partial charge in [0.1, 0.15) is 0 Å². The molecule has 0 saturated carbocycles. The van der Waals surface area contributed by atoms with E-state index in [0.29, 0.717) is 30.0 Å². The quantitative estimate of drug-likeness (QED) is 0.534. The molecule has 3 aromatic rings. The van der Waals surface area contributed by atoms with Gasteiger partial charge in [0.05, 0.1) is 38.5 Å². The van der Waals surface area contributed by atoms with Crippen LogP contribution in [0.3, 0.4) is 0 Å². The summed E-state index contributed by atoms with van der Waals surface area (Å²) in [6, 6.07) is 16.4. The molecule has 1 aliphatic heterocycles. The van der Waals surface area contributed by atoms with Crippen LogP contribution < -0.4 is 20.1 Å². The summed E-state index contributed by atoms with van der Waals surface area (Å²) in [6.45, 7) is 2.37. The number of hydrogen-bond donors (Lipinski definition) is 2. The molecule has 0 aliphatic carbocycles. The molecule has 0 radical (unpaired) electrons. The molecule has 0 fully saturated rings. The maximum atomic E-state index is 12.9. The van der Waals surface area contributed by atoms with E-state index in [9.17, 15) is 9.59 Å². The molecular formula is C28H33N5O4. The first kappa shape index (κ1) is 26.0. The Balaban J connectivity index is 1.69. The van der Waals surface area contributed by atoms with Crippen LogP contribution in [0.1, 0.15) is 45.7 Å². The number of urea groups is 1. The number of fused-ring (bicyclic) bond motifs is 1. The minimum atomic E-state index is -0.303. The Hall–Kier alpha value is -4.11. The molecular weight excluding hydrogens is 470 g/mol. The number of rotatable bonds is 6. The molecule has 9 nitrogen and oxygen atoms in total. The molecule has 2 heterocycles. The summed E-state index contributed by atoms with van der Waals surface area (Å²) in [5.74, 6) is 1.08. The summed E-state index contributed by atoms with van der Waals surface area (Å²) in [5, 5.41) is 9.34. The number of nitrogens with one attached hydrogen (secondary N) is 2.